The van der Waals surface area contributed by atoms with Crippen LogP contribution in [0, 0.1) is 22.7 Å². The number of carboxylic acids is 1. The minimum atomic E-state index is -1.71. The average molecular weight is 402 g/mol. The molecule has 2 fully saturated rings. The number of rotatable bonds is 4. The van der Waals surface area contributed by atoms with Crippen molar-refractivity contribution in [3.05, 3.63) is 23.3 Å². The van der Waals surface area contributed by atoms with Crippen molar-refractivity contribution in [2.75, 3.05) is 0 Å². The summed E-state index contributed by atoms with van der Waals surface area (Å²) in [4.78, 5) is 35.8. The maximum absolute atomic E-state index is 12.9. The van der Waals surface area contributed by atoms with Crippen LogP contribution >= 0.6 is 0 Å². The van der Waals surface area contributed by atoms with Gasteiger partial charge in [-0.1, -0.05) is 31.1 Å². The fraction of sp³-hybridized carbons (Fsp3) is 0.696. The molecule has 0 aromatic heterocycles. The first kappa shape index (κ1) is 20.5. The molecule has 2 saturated carbocycles. The van der Waals surface area contributed by atoms with Crippen molar-refractivity contribution in [2.45, 2.75) is 76.9 Å². The Bertz CT molecular complexity index is 840. The minimum absolute atomic E-state index is 0.101. The first-order valence-corrected chi connectivity index (χ1v) is 10.6. The number of aliphatic hydroxyl groups is 2. The number of fused-ring (bicyclic) bond motifs is 5. The molecule has 0 saturated heterocycles. The number of hydrogen-bond acceptors (Lipinski definition) is 5. The number of carboxylic acid groups (broad SMARTS) is 1. The summed E-state index contributed by atoms with van der Waals surface area (Å²) in [6.07, 6.45) is 6.15. The fourth-order valence-corrected chi connectivity index (χ4v) is 6.81. The third kappa shape index (κ3) is 2.79. The highest BCUT2D eigenvalue weighted by atomic mass is 16.4. The molecular weight excluding hydrogens is 372 g/mol. The van der Waals surface area contributed by atoms with E-state index >= 15 is 0 Å². The molecule has 4 aliphatic rings. The van der Waals surface area contributed by atoms with Gasteiger partial charge in [0.15, 0.2) is 11.6 Å². The maximum Gasteiger partial charge on any atom is 0.306 e. The summed E-state index contributed by atoms with van der Waals surface area (Å²) >= 11 is 0. The third-order valence-corrected chi connectivity index (χ3v) is 8.57. The van der Waals surface area contributed by atoms with Crippen molar-refractivity contribution in [1.82, 2.24) is 0 Å². The Morgan fingerprint density at radius 3 is 2.62 bits per heavy atom. The maximum atomic E-state index is 12.9. The predicted octanol–water partition coefficient (Wildman–Crippen LogP) is 2.57. The molecule has 6 nitrogen and oxygen atoms in total. The zero-order valence-electron chi connectivity index (χ0n) is 17.1. The van der Waals surface area contributed by atoms with Crippen LogP contribution in [0.15, 0.2) is 23.3 Å². The van der Waals surface area contributed by atoms with Gasteiger partial charge >= 0.3 is 5.97 Å². The van der Waals surface area contributed by atoms with Crippen molar-refractivity contribution in [1.29, 1.82) is 0 Å². The molecule has 4 aliphatic carbocycles. The number of aliphatic hydroxyl groups excluding tert-OH is 1. The molecule has 0 spiro atoms. The molecule has 0 amide bonds. The summed E-state index contributed by atoms with van der Waals surface area (Å²) in [6.45, 7) is 4.14. The Kier molecular flexibility index (Phi) is 4.67. The highest BCUT2D eigenvalue weighted by Crippen LogP contribution is 2.65. The molecule has 0 bridgehead atoms. The SMILES string of the molecule is C[C@]12CCC(=O)C=C1CC[C@@H]1C2=CC[C@@]2(C)[C@H]1CC[C@]2(O)C(=O)C(O)CC(=O)O. The molecule has 3 N–H and O–H groups in total. The lowest BCUT2D eigenvalue weighted by atomic mass is 9.50. The van der Waals surface area contributed by atoms with E-state index in [0.29, 0.717) is 19.3 Å². The Hall–Kier alpha value is -1.79. The normalized spacial score (nSPS) is 42.1. The van der Waals surface area contributed by atoms with Gasteiger partial charge < -0.3 is 15.3 Å². The van der Waals surface area contributed by atoms with Crippen LogP contribution in [0.25, 0.3) is 0 Å². The van der Waals surface area contributed by atoms with Gasteiger partial charge in [0.2, 0.25) is 0 Å². The Labute approximate surface area is 170 Å². The van der Waals surface area contributed by atoms with Gasteiger partial charge in [-0.15, -0.1) is 0 Å². The second-order valence-corrected chi connectivity index (χ2v) is 9.88. The molecule has 158 valence electrons. The lowest BCUT2D eigenvalue weighted by Gasteiger charge is -2.54. The van der Waals surface area contributed by atoms with Gasteiger partial charge in [-0.3, -0.25) is 14.4 Å². The number of Topliss-reactive ketones (excluding diaryl/α,β-unsaturated/α-hetero) is 1. The highest BCUT2D eigenvalue weighted by Gasteiger charge is 2.65. The van der Waals surface area contributed by atoms with Gasteiger partial charge in [-0.05, 0) is 56.4 Å². The molecule has 4 rings (SSSR count). The Balaban J connectivity index is 1.68. The summed E-state index contributed by atoms with van der Waals surface area (Å²) in [6, 6.07) is 0. The van der Waals surface area contributed by atoms with E-state index in [2.05, 4.69) is 13.0 Å². The summed E-state index contributed by atoms with van der Waals surface area (Å²) in [5.41, 5.74) is -0.00611. The van der Waals surface area contributed by atoms with E-state index in [0.717, 1.165) is 19.3 Å². The number of carbonyl (C=O) groups excluding carboxylic acids is 2. The van der Waals surface area contributed by atoms with E-state index in [1.54, 1.807) is 0 Å². The highest BCUT2D eigenvalue weighted by molar-refractivity contribution is 5.94. The largest absolute Gasteiger partial charge is 0.481 e. The van der Waals surface area contributed by atoms with Crippen LogP contribution in [0.2, 0.25) is 0 Å². The van der Waals surface area contributed by atoms with Crippen molar-refractivity contribution in [2.24, 2.45) is 22.7 Å². The topological polar surface area (TPSA) is 112 Å². The molecule has 0 aromatic rings. The summed E-state index contributed by atoms with van der Waals surface area (Å²) in [5.74, 6) is -1.48. The average Bonchev–Trinajstić information content (AvgIpc) is 2.93. The first-order valence-electron chi connectivity index (χ1n) is 10.6. The predicted molar refractivity (Wildman–Crippen MR) is 105 cm³/mol. The first-order chi connectivity index (χ1) is 13.5. The molecule has 0 aromatic carbocycles. The van der Waals surface area contributed by atoms with Gasteiger partial charge in [0.25, 0.3) is 0 Å². The number of ketones is 2. The standard InChI is InChI=1S/C23H30O6/c1-21-8-5-14(24)11-13(21)3-4-15-16(21)6-9-22(2)17(15)7-10-23(22,29)20(28)18(25)12-19(26)27/h6,11,15,17-18,25,29H,3-5,7-10,12H2,1-2H3,(H,26,27)/t15-,17+,18?,21+,22+,23+/m1/s1. The molecule has 6 heteroatoms. The molecule has 0 aliphatic heterocycles. The van der Waals surface area contributed by atoms with Crippen molar-refractivity contribution in [3.63, 3.8) is 0 Å². The summed E-state index contributed by atoms with van der Waals surface area (Å²) in [7, 11) is 0. The van der Waals surface area contributed by atoms with E-state index in [1.807, 2.05) is 13.0 Å². The number of aliphatic carboxylic acids is 1. The van der Waals surface area contributed by atoms with E-state index in [1.165, 1.54) is 11.1 Å². The van der Waals surface area contributed by atoms with Gasteiger partial charge in [0.1, 0.15) is 11.7 Å². The Morgan fingerprint density at radius 2 is 1.93 bits per heavy atom. The number of hydrogen-bond donors (Lipinski definition) is 3. The zero-order valence-corrected chi connectivity index (χ0v) is 17.1. The molecule has 0 heterocycles. The van der Waals surface area contributed by atoms with Crippen molar-refractivity contribution in [3.8, 4) is 0 Å². The van der Waals surface area contributed by atoms with Crippen LogP contribution in [-0.2, 0) is 14.4 Å². The van der Waals surface area contributed by atoms with Gasteiger partial charge in [0.05, 0.1) is 6.42 Å². The van der Waals surface area contributed by atoms with E-state index < -0.39 is 35.3 Å². The zero-order chi connectivity index (χ0) is 21.2. The second-order valence-electron chi connectivity index (χ2n) is 9.88. The monoisotopic (exact) mass is 402 g/mol. The van der Waals surface area contributed by atoms with Gasteiger partial charge in [-0.2, -0.15) is 0 Å². The minimum Gasteiger partial charge on any atom is -0.481 e. The fourth-order valence-electron chi connectivity index (χ4n) is 6.81. The third-order valence-electron chi connectivity index (χ3n) is 8.57. The molecule has 6 atom stereocenters. The van der Waals surface area contributed by atoms with Crippen LogP contribution in [0.5, 0.6) is 0 Å². The van der Waals surface area contributed by atoms with Gasteiger partial charge in [0, 0.05) is 17.3 Å². The van der Waals surface area contributed by atoms with Crippen LogP contribution in [0.1, 0.15) is 65.2 Å². The lowest BCUT2D eigenvalue weighted by Crippen LogP contribution is -2.57. The quantitative estimate of drug-likeness (QED) is 0.623. The number of carbonyl (C=O) groups is 3. The lowest BCUT2D eigenvalue weighted by molar-refractivity contribution is -0.164. The second kappa shape index (κ2) is 6.61. The van der Waals surface area contributed by atoms with Crippen molar-refractivity contribution >= 4 is 17.5 Å². The smallest absolute Gasteiger partial charge is 0.306 e. The summed E-state index contributed by atoms with van der Waals surface area (Å²) in [5, 5.41) is 30.5. The molecule has 0 radical (unpaired) electrons. The summed E-state index contributed by atoms with van der Waals surface area (Å²) < 4.78 is 0. The van der Waals surface area contributed by atoms with E-state index in [-0.39, 0.29) is 29.5 Å². The Morgan fingerprint density at radius 1 is 1.21 bits per heavy atom. The van der Waals surface area contributed by atoms with Crippen LogP contribution in [-0.4, -0.2) is 44.6 Å². The molecule has 29 heavy (non-hydrogen) atoms. The molecule has 1 unspecified atom stereocenters. The van der Waals surface area contributed by atoms with E-state index in [4.69, 9.17) is 5.11 Å². The molecular formula is C23H30O6. The van der Waals surface area contributed by atoms with Crippen LogP contribution < -0.4 is 0 Å². The van der Waals surface area contributed by atoms with Crippen LogP contribution in [0.4, 0.5) is 0 Å². The number of allylic oxidation sites excluding steroid dienone is 4. The van der Waals surface area contributed by atoms with E-state index in [9.17, 15) is 24.6 Å². The van der Waals surface area contributed by atoms with Gasteiger partial charge in [-0.25, -0.2) is 0 Å². The van der Waals surface area contributed by atoms with Crippen molar-refractivity contribution < 1.29 is 29.7 Å². The van der Waals surface area contributed by atoms with Crippen LogP contribution in [0.3, 0.4) is 0 Å².